The highest BCUT2D eigenvalue weighted by atomic mass is 16.1. The molecule has 0 aliphatic carbocycles. The van der Waals surface area contributed by atoms with Crippen molar-refractivity contribution in [2.24, 2.45) is 5.73 Å². The van der Waals surface area contributed by atoms with Crippen molar-refractivity contribution in [1.29, 1.82) is 0 Å². The van der Waals surface area contributed by atoms with Gasteiger partial charge in [-0.05, 0) is 18.6 Å². The minimum absolute atomic E-state index is 0.450. The lowest BCUT2D eigenvalue weighted by molar-refractivity contribution is -0.113. The van der Waals surface area contributed by atoms with Crippen LogP contribution in [0.2, 0.25) is 0 Å². The van der Waals surface area contributed by atoms with Gasteiger partial charge in [0.15, 0.2) is 0 Å². The van der Waals surface area contributed by atoms with Gasteiger partial charge in [-0.15, -0.1) is 0 Å². The molecule has 0 aromatic rings. The summed E-state index contributed by atoms with van der Waals surface area (Å²) in [7, 11) is 0. The van der Waals surface area contributed by atoms with Gasteiger partial charge in [-0.3, -0.25) is 4.79 Å². The van der Waals surface area contributed by atoms with Crippen LogP contribution in [0.15, 0.2) is 48.6 Å². The van der Waals surface area contributed by atoms with Gasteiger partial charge in [-0.1, -0.05) is 30.9 Å². The van der Waals surface area contributed by atoms with Gasteiger partial charge in [-0.25, -0.2) is 0 Å². The van der Waals surface area contributed by atoms with Crippen LogP contribution >= 0.6 is 0 Å². The standard InChI is InChI=1S/C10H13NO/c1-3-5-9(6-4-2)7-8-10(11)12/h3-8H,1H2,2H3,(H2,11,12)/b6-4-,8-7-,9-5+. The largest absolute Gasteiger partial charge is 0.366 e. The van der Waals surface area contributed by atoms with Crippen LogP contribution in [-0.4, -0.2) is 5.91 Å². The van der Waals surface area contributed by atoms with Crippen molar-refractivity contribution in [3.05, 3.63) is 48.6 Å². The summed E-state index contributed by atoms with van der Waals surface area (Å²) >= 11 is 0. The molecule has 0 aromatic heterocycles. The number of primary amides is 1. The van der Waals surface area contributed by atoms with Crippen LogP contribution < -0.4 is 5.73 Å². The first-order valence-corrected chi connectivity index (χ1v) is 3.63. The van der Waals surface area contributed by atoms with Crippen LogP contribution in [0.5, 0.6) is 0 Å². The molecule has 0 heterocycles. The van der Waals surface area contributed by atoms with Crippen molar-refractivity contribution >= 4 is 5.91 Å². The summed E-state index contributed by atoms with van der Waals surface area (Å²) in [5.74, 6) is -0.450. The minimum atomic E-state index is -0.450. The average molecular weight is 163 g/mol. The van der Waals surface area contributed by atoms with E-state index in [9.17, 15) is 4.79 Å². The molecule has 0 aliphatic rings. The molecule has 0 atom stereocenters. The van der Waals surface area contributed by atoms with E-state index in [2.05, 4.69) is 6.58 Å². The fourth-order valence-corrected chi connectivity index (χ4v) is 0.674. The van der Waals surface area contributed by atoms with Crippen molar-refractivity contribution in [2.75, 3.05) is 0 Å². The fraction of sp³-hybridized carbons (Fsp3) is 0.100. The number of carbonyl (C=O) groups is 1. The summed E-state index contributed by atoms with van der Waals surface area (Å²) in [4.78, 5) is 10.4. The van der Waals surface area contributed by atoms with E-state index in [-0.39, 0.29) is 0 Å². The number of allylic oxidation sites excluding steroid dienone is 6. The van der Waals surface area contributed by atoms with Crippen LogP contribution in [0.1, 0.15) is 6.92 Å². The van der Waals surface area contributed by atoms with Crippen LogP contribution in [0, 0.1) is 0 Å². The Labute approximate surface area is 72.8 Å². The molecule has 2 nitrogen and oxygen atoms in total. The first-order chi connectivity index (χ1) is 5.70. The lowest BCUT2D eigenvalue weighted by Crippen LogP contribution is -2.05. The van der Waals surface area contributed by atoms with E-state index in [1.165, 1.54) is 6.08 Å². The molecule has 0 spiro atoms. The van der Waals surface area contributed by atoms with Gasteiger partial charge in [0, 0.05) is 6.08 Å². The second kappa shape index (κ2) is 6.16. The Morgan fingerprint density at radius 1 is 1.33 bits per heavy atom. The Morgan fingerprint density at radius 3 is 2.42 bits per heavy atom. The Bertz CT molecular complexity index is 247. The highest BCUT2D eigenvalue weighted by molar-refractivity contribution is 5.86. The van der Waals surface area contributed by atoms with Crippen LogP contribution in [-0.2, 0) is 4.79 Å². The highest BCUT2D eigenvalue weighted by Gasteiger charge is 1.85. The van der Waals surface area contributed by atoms with E-state index in [1.807, 2.05) is 19.1 Å². The van der Waals surface area contributed by atoms with E-state index in [1.54, 1.807) is 18.2 Å². The van der Waals surface area contributed by atoms with Crippen molar-refractivity contribution in [1.82, 2.24) is 0 Å². The molecule has 0 saturated carbocycles. The third-order valence-electron chi connectivity index (χ3n) is 1.11. The molecule has 0 aliphatic heterocycles. The predicted octanol–water partition coefficient (Wildman–Crippen LogP) is 1.72. The van der Waals surface area contributed by atoms with Gasteiger partial charge in [-0.2, -0.15) is 0 Å². The lowest BCUT2D eigenvalue weighted by Gasteiger charge is -1.89. The molecular weight excluding hydrogens is 150 g/mol. The van der Waals surface area contributed by atoms with E-state index < -0.39 is 5.91 Å². The Kier molecular flexibility index (Phi) is 5.35. The molecule has 0 saturated heterocycles. The summed E-state index contributed by atoms with van der Waals surface area (Å²) in [6.45, 7) is 5.45. The van der Waals surface area contributed by atoms with E-state index in [0.29, 0.717) is 0 Å². The number of hydrogen-bond donors (Lipinski definition) is 1. The summed E-state index contributed by atoms with van der Waals surface area (Å²) < 4.78 is 0. The molecule has 0 rings (SSSR count). The highest BCUT2D eigenvalue weighted by Crippen LogP contribution is 1.99. The number of carbonyl (C=O) groups excluding carboxylic acids is 1. The molecule has 0 aromatic carbocycles. The third kappa shape index (κ3) is 5.23. The number of nitrogens with two attached hydrogens (primary N) is 1. The van der Waals surface area contributed by atoms with Gasteiger partial charge >= 0.3 is 0 Å². The molecule has 64 valence electrons. The fourth-order valence-electron chi connectivity index (χ4n) is 0.674. The van der Waals surface area contributed by atoms with E-state index in [0.717, 1.165) is 5.57 Å². The predicted molar refractivity (Wildman–Crippen MR) is 51.4 cm³/mol. The van der Waals surface area contributed by atoms with E-state index in [4.69, 9.17) is 5.73 Å². The first kappa shape index (κ1) is 10.4. The maximum atomic E-state index is 10.4. The lowest BCUT2D eigenvalue weighted by atomic mass is 10.2. The normalized spacial score (nSPS) is 12.6. The smallest absolute Gasteiger partial charge is 0.241 e. The van der Waals surface area contributed by atoms with Gasteiger partial charge < -0.3 is 5.73 Å². The molecule has 12 heavy (non-hydrogen) atoms. The van der Waals surface area contributed by atoms with Crippen molar-refractivity contribution in [2.45, 2.75) is 6.92 Å². The van der Waals surface area contributed by atoms with Crippen LogP contribution in [0.4, 0.5) is 0 Å². The third-order valence-corrected chi connectivity index (χ3v) is 1.11. The minimum Gasteiger partial charge on any atom is -0.366 e. The topological polar surface area (TPSA) is 43.1 Å². The molecule has 0 bridgehead atoms. The SMILES string of the molecule is C=C/C=C(\C=C/C)/C=C\C(N)=O. The second-order valence-electron chi connectivity index (χ2n) is 2.14. The zero-order valence-corrected chi connectivity index (χ0v) is 7.16. The van der Waals surface area contributed by atoms with Gasteiger partial charge in [0.1, 0.15) is 0 Å². The second-order valence-corrected chi connectivity index (χ2v) is 2.14. The zero-order valence-electron chi connectivity index (χ0n) is 7.16. The van der Waals surface area contributed by atoms with Gasteiger partial charge in [0.25, 0.3) is 0 Å². The summed E-state index contributed by atoms with van der Waals surface area (Å²) in [5, 5.41) is 0. The number of rotatable bonds is 4. The summed E-state index contributed by atoms with van der Waals surface area (Å²) in [6, 6.07) is 0. The first-order valence-electron chi connectivity index (χ1n) is 3.63. The van der Waals surface area contributed by atoms with Crippen LogP contribution in [0.3, 0.4) is 0 Å². The summed E-state index contributed by atoms with van der Waals surface area (Å²) in [5.41, 5.74) is 5.82. The quantitative estimate of drug-likeness (QED) is 0.497. The molecule has 1 amide bonds. The molecule has 0 radical (unpaired) electrons. The van der Waals surface area contributed by atoms with Crippen molar-refractivity contribution in [3.63, 3.8) is 0 Å². The van der Waals surface area contributed by atoms with Crippen molar-refractivity contribution < 1.29 is 4.79 Å². The summed E-state index contributed by atoms with van der Waals surface area (Å²) in [6.07, 6.45) is 10.1. The number of hydrogen-bond acceptors (Lipinski definition) is 1. The molecule has 2 heteroatoms. The van der Waals surface area contributed by atoms with Crippen LogP contribution in [0.25, 0.3) is 0 Å². The number of amides is 1. The zero-order chi connectivity index (χ0) is 9.40. The Balaban J connectivity index is 4.43. The molecule has 0 unspecified atom stereocenters. The molecule has 0 fully saturated rings. The maximum Gasteiger partial charge on any atom is 0.241 e. The van der Waals surface area contributed by atoms with E-state index >= 15 is 0 Å². The molecular formula is C10H13NO. The van der Waals surface area contributed by atoms with Gasteiger partial charge in [0.05, 0.1) is 0 Å². The van der Waals surface area contributed by atoms with Gasteiger partial charge in [0.2, 0.25) is 5.91 Å². The maximum absolute atomic E-state index is 10.4. The Morgan fingerprint density at radius 2 is 2.00 bits per heavy atom. The Hall–Kier alpha value is -1.57. The monoisotopic (exact) mass is 163 g/mol. The van der Waals surface area contributed by atoms with Crippen molar-refractivity contribution in [3.8, 4) is 0 Å². The average Bonchev–Trinajstić information content (AvgIpc) is 2.01. The molecule has 2 N–H and O–H groups in total.